The fourth-order valence-electron chi connectivity index (χ4n) is 2.58. The molecule has 2 amide bonds. The first-order chi connectivity index (χ1) is 8.12. The first-order valence-electron chi connectivity index (χ1n) is 5.44. The SMILES string of the molecule is CC1(C)C2C(=O)N(CC(C#N)C(F)(F)F)C(=O)C21. The van der Waals surface area contributed by atoms with Crippen molar-refractivity contribution in [2.24, 2.45) is 23.2 Å². The number of piperidine rings is 1. The van der Waals surface area contributed by atoms with Crippen molar-refractivity contribution >= 4 is 11.8 Å². The molecule has 4 nitrogen and oxygen atoms in total. The van der Waals surface area contributed by atoms with Crippen LogP contribution in [0.3, 0.4) is 0 Å². The van der Waals surface area contributed by atoms with Gasteiger partial charge in [0.05, 0.1) is 24.4 Å². The molecule has 1 heterocycles. The zero-order valence-corrected chi connectivity index (χ0v) is 9.78. The number of rotatable bonds is 2. The summed E-state index contributed by atoms with van der Waals surface area (Å²) in [6, 6.07) is 1.09. The Hall–Kier alpha value is -1.58. The van der Waals surface area contributed by atoms with Crippen LogP contribution in [-0.2, 0) is 9.59 Å². The van der Waals surface area contributed by atoms with Crippen LogP contribution >= 0.6 is 0 Å². The number of hydrogen-bond acceptors (Lipinski definition) is 3. The molecule has 1 aliphatic carbocycles. The summed E-state index contributed by atoms with van der Waals surface area (Å²) < 4.78 is 37.2. The van der Waals surface area contributed by atoms with Gasteiger partial charge in [-0.1, -0.05) is 13.8 Å². The Morgan fingerprint density at radius 1 is 1.33 bits per heavy atom. The summed E-state index contributed by atoms with van der Waals surface area (Å²) in [7, 11) is 0. The molecule has 1 aliphatic heterocycles. The van der Waals surface area contributed by atoms with Gasteiger partial charge in [0.25, 0.3) is 0 Å². The second-order valence-corrected chi connectivity index (χ2v) is 5.29. The van der Waals surface area contributed by atoms with Crippen molar-refractivity contribution in [3.05, 3.63) is 0 Å². The molecule has 2 aliphatic rings. The van der Waals surface area contributed by atoms with Crippen LogP contribution in [0.1, 0.15) is 13.8 Å². The third-order valence-corrected chi connectivity index (χ3v) is 3.81. The van der Waals surface area contributed by atoms with E-state index in [0.29, 0.717) is 4.90 Å². The lowest BCUT2D eigenvalue weighted by atomic mass is 10.0. The molecule has 2 fully saturated rings. The number of hydrogen-bond donors (Lipinski definition) is 0. The van der Waals surface area contributed by atoms with E-state index < -0.39 is 47.7 Å². The van der Waals surface area contributed by atoms with Gasteiger partial charge in [0.1, 0.15) is 0 Å². The fourth-order valence-corrected chi connectivity index (χ4v) is 2.58. The molecule has 0 aromatic carbocycles. The highest BCUT2D eigenvalue weighted by molar-refractivity contribution is 6.10. The van der Waals surface area contributed by atoms with E-state index in [2.05, 4.69) is 0 Å². The van der Waals surface area contributed by atoms with Gasteiger partial charge in [0.2, 0.25) is 11.8 Å². The number of carbonyl (C=O) groups excluding carboxylic acids is 2. The van der Waals surface area contributed by atoms with E-state index in [-0.39, 0.29) is 0 Å². The molecule has 3 unspecified atom stereocenters. The van der Waals surface area contributed by atoms with Crippen LogP contribution in [0.5, 0.6) is 0 Å². The largest absolute Gasteiger partial charge is 0.406 e. The topological polar surface area (TPSA) is 61.2 Å². The number of nitrogens with zero attached hydrogens (tertiary/aromatic N) is 2. The minimum Gasteiger partial charge on any atom is -0.280 e. The molecule has 18 heavy (non-hydrogen) atoms. The summed E-state index contributed by atoms with van der Waals surface area (Å²) in [5.41, 5.74) is -0.453. The van der Waals surface area contributed by atoms with E-state index >= 15 is 0 Å². The average molecular weight is 260 g/mol. The molecule has 0 bridgehead atoms. The molecule has 98 valence electrons. The first kappa shape index (κ1) is 12.9. The first-order valence-corrected chi connectivity index (χ1v) is 5.44. The van der Waals surface area contributed by atoms with Crippen LogP contribution in [-0.4, -0.2) is 29.4 Å². The number of amides is 2. The Morgan fingerprint density at radius 3 is 2.11 bits per heavy atom. The Bertz CT molecular complexity index is 440. The van der Waals surface area contributed by atoms with Crippen LogP contribution in [0.25, 0.3) is 0 Å². The van der Waals surface area contributed by atoms with Gasteiger partial charge in [-0.3, -0.25) is 14.5 Å². The summed E-state index contributed by atoms with van der Waals surface area (Å²) in [6.45, 7) is 2.59. The van der Waals surface area contributed by atoms with Gasteiger partial charge in [0.15, 0.2) is 5.92 Å². The predicted molar refractivity (Wildman–Crippen MR) is 52.6 cm³/mol. The Balaban J connectivity index is 2.13. The minimum absolute atomic E-state index is 0.453. The number of fused-ring (bicyclic) bond motifs is 1. The van der Waals surface area contributed by atoms with Gasteiger partial charge >= 0.3 is 6.18 Å². The van der Waals surface area contributed by atoms with Crippen molar-refractivity contribution in [3.63, 3.8) is 0 Å². The lowest BCUT2D eigenvalue weighted by Gasteiger charge is -2.23. The lowest BCUT2D eigenvalue weighted by molar-refractivity contribution is -0.168. The Morgan fingerprint density at radius 2 is 1.78 bits per heavy atom. The van der Waals surface area contributed by atoms with E-state index in [4.69, 9.17) is 5.26 Å². The van der Waals surface area contributed by atoms with Gasteiger partial charge in [-0.15, -0.1) is 0 Å². The molecule has 3 atom stereocenters. The number of nitriles is 1. The minimum atomic E-state index is -4.72. The number of alkyl halides is 3. The number of carbonyl (C=O) groups is 2. The number of halogens is 3. The van der Waals surface area contributed by atoms with E-state index in [1.165, 1.54) is 0 Å². The van der Waals surface area contributed by atoms with Crippen molar-refractivity contribution < 1.29 is 22.8 Å². The zero-order chi connectivity index (χ0) is 13.9. The summed E-state index contributed by atoms with van der Waals surface area (Å²) in [6.07, 6.45) is -4.72. The number of likely N-dealkylation sites (tertiary alicyclic amines) is 1. The van der Waals surface area contributed by atoms with Gasteiger partial charge in [-0.05, 0) is 5.41 Å². The quantitative estimate of drug-likeness (QED) is 0.704. The molecule has 0 aromatic rings. The molecule has 0 spiro atoms. The van der Waals surface area contributed by atoms with E-state index in [0.717, 1.165) is 6.07 Å². The van der Waals surface area contributed by atoms with Gasteiger partial charge < -0.3 is 0 Å². The molecular weight excluding hydrogens is 249 g/mol. The van der Waals surface area contributed by atoms with E-state index in [1.807, 2.05) is 0 Å². The summed E-state index contributed by atoms with van der Waals surface area (Å²) >= 11 is 0. The van der Waals surface area contributed by atoms with Gasteiger partial charge in [-0.2, -0.15) is 18.4 Å². The maximum absolute atomic E-state index is 12.4. The normalized spacial score (nSPS) is 31.0. The van der Waals surface area contributed by atoms with Crippen LogP contribution in [0.4, 0.5) is 13.2 Å². The third-order valence-electron chi connectivity index (χ3n) is 3.81. The molecule has 7 heteroatoms. The average Bonchev–Trinajstić information content (AvgIpc) is 2.68. The maximum atomic E-state index is 12.4. The van der Waals surface area contributed by atoms with Crippen molar-refractivity contribution in [1.82, 2.24) is 4.90 Å². The van der Waals surface area contributed by atoms with Crippen LogP contribution in [0.2, 0.25) is 0 Å². The van der Waals surface area contributed by atoms with Crippen LogP contribution in [0, 0.1) is 34.5 Å². The Kier molecular flexibility index (Phi) is 2.48. The fraction of sp³-hybridized carbons (Fsp3) is 0.727. The molecule has 0 aromatic heterocycles. The van der Waals surface area contributed by atoms with Crippen molar-refractivity contribution in [2.45, 2.75) is 20.0 Å². The highest BCUT2D eigenvalue weighted by atomic mass is 19.4. The summed E-state index contributed by atoms with van der Waals surface area (Å²) in [5.74, 6) is -4.51. The predicted octanol–water partition coefficient (Wildman–Crippen LogP) is 1.33. The monoisotopic (exact) mass is 260 g/mol. The Labute approximate surface area is 101 Å². The van der Waals surface area contributed by atoms with Crippen molar-refractivity contribution in [2.75, 3.05) is 6.54 Å². The third kappa shape index (κ3) is 1.59. The summed E-state index contributed by atoms with van der Waals surface area (Å²) in [4.78, 5) is 24.1. The number of imide groups is 1. The summed E-state index contributed by atoms with van der Waals surface area (Å²) in [5, 5.41) is 8.46. The van der Waals surface area contributed by atoms with Crippen LogP contribution < -0.4 is 0 Å². The van der Waals surface area contributed by atoms with E-state index in [1.54, 1.807) is 13.8 Å². The van der Waals surface area contributed by atoms with Gasteiger partial charge in [0, 0.05) is 0 Å². The lowest BCUT2D eigenvalue weighted by Crippen LogP contribution is -2.42. The highest BCUT2D eigenvalue weighted by Gasteiger charge is 2.72. The molecule has 1 saturated heterocycles. The van der Waals surface area contributed by atoms with Crippen molar-refractivity contribution in [3.8, 4) is 6.07 Å². The molecule has 1 saturated carbocycles. The van der Waals surface area contributed by atoms with Crippen LogP contribution in [0.15, 0.2) is 0 Å². The van der Waals surface area contributed by atoms with E-state index in [9.17, 15) is 22.8 Å². The smallest absolute Gasteiger partial charge is 0.280 e. The second-order valence-electron chi connectivity index (χ2n) is 5.29. The molecule has 0 N–H and O–H groups in total. The zero-order valence-electron chi connectivity index (χ0n) is 9.78. The molecular formula is C11H11F3N2O2. The second kappa shape index (κ2) is 3.46. The molecule has 2 rings (SSSR count). The highest BCUT2D eigenvalue weighted by Crippen LogP contribution is 2.63. The van der Waals surface area contributed by atoms with Gasteiger partial charge in [-0.25, -0.2) is 0 Å². The van der Waals surface area contributed by atoms with Crippen molar-refractivity contribution in [1.29, 1.82) is 5.26 Å². The molecule has 0 radical (unpaired) electrons. The maximum Gasteiger partial charge on any atom is 0.406 e. The standard InChI is InChI=1S/C11H11F3N2O2/c1-10(2)6-7(10)9(18)16(8(6)17)4-5(3-15)11(12,13)14/h5-7H,4H2,1-2H3.